The van der Waals surface area contributed by atoms with Crippen LogP contribution in [0.3, 0.4) is 0 Å². The number of aliphatic imine (C=N–C) groups is 1. The van der Waals surface area contributed by atoms with Gasteiger partial charge in [0.05, 0.1) is 12.1 Å². The molecule has 0 saturated heterocycles. The predicted molar refractivity (Wildman–Crippen MR) is 95.6 cm³/mol. The first-order chi connectivity index (χ1) is 10.8. The Balaban J connectivity index is 0.00000288. The molecule has 1 unspecified atom stereocenters. The molecule has 0 aromatic heterocycles. The summed E-state index contributed by atoms with van der Waals surface area (Å²) in [6, 6.07) is 4.73. The molecule has 1 aromatic carbocycles. The Hall–Kier alpha value is -1.23. The molecule has 136 valence electrons. The van der Waals surface area contributed by atoms with Crippen LogP contribution in [0.2, 0.25) is 0 Å². The van der Waals surface area contributed by atoms with Crippen molar-refractivity contribution in [3.05, 3.63) is 29.8 Å². The average molecular weight is 459 g/mol. The minimum Gasteiger partial charge on any atom is -0.491 e. The SMILES string of the molecule is CN(C(N)=NCC(O)COc1ccc(C(F)(F)F)cc1)C1CC1.I. The third-order valence-electron chi connectivity index (χ3n) is 3.54. The highest BCUT2D eigenvalue weighted by Crippen LogP contribution is 2.30. The van der Waals surface area contributed by atoms with Gasteiger partial charge in [0.15, 0.2) is 5.96 Å². The first-order valence-corrected chi connectivity index (χ1v) is 7.28. The highest BCUT2D eigenvalue weighted by molar-refractivity contribution is 14.0. The Morgan fingerprint density at radius 3 is 2.46 bits per heavy atom. The van der Waals surface area contributed by atoms with Gasteiger partial charge in [0.1, 0.15) is 18.5 Å². The first-order valence-electron chi connectivity index (χ1n) is 7.28. The van der Waals surface area contributed by atoms with Crippen molar-refractivity contribution >= 4 is 29.9 Å². The fourth-order valence-electron chi connectivity index (χ4n) is 1.94. The lowest BCUT2D eigenvalue weighted by Gasteiger charge is -2.17. The summed E-state index contributed by atoms with van der Waals surface area (Å²) >= 11 is 0. The summed E-state index contributed by atoms with van der Waals surface area (Å²) in [5.74, 6) is 0.616. The fraction of sp³-hybridized carbons (Fsp3) is 0.533. The zero-order valence-corrected chi connectivity index (χ0v) is 15.5. The largest absolute Gasteiger partial charge is 0.491 e. The van der Waals surface area contributed by atoms with Crippen molar-refractivity contribution in [3.8, 4) is 5.75 Å². The number of aliphatic hydroxyl groups is 1. The molecule has 0 heterocycles. The highest BCUT2D eigenvalue weighted by atomic mass is 127. The summed E-state index contributed by atoms with van der Waals surface area (Å²) in [7, 11) is 1.85. The Labute approximate surface area is 155 Å². The molecule has 1 fully saturated rings. The molecule has 1 aliphatic carbocycles. The van der Waals surface area contributed by atoms with E-state index in [-0.39, 0.29) is 42.9 Å². The molecule has 0 aliphatic heterocycles. The van der Waals surface area contributed by atoms with Crippen molar-refractivity contribution in [1.29, 1.82) is 0 Å². The molecule has 1 saturated carbocycles. The Morgan fingerprint density at radius 1 is 1.38 bits per heavy atom. The molecule has 0 radical (unpaired) electrons. The standard InChI is InChI=1S/C15H20F3N3O2.HI/c1-21(11-4-5-11)14(19)20-8-12(22)9-23-13-6-2-10(3-7-13)15(16,17)18;/h2-3,6-7,11-12,22H,4-5,8-9H2,1H3,(H2,19,20);1H. The molecule has 1 atom stereocenters. The maximum atomic E-state index is 12.4. The third-order valence-corrected chi connectivity index (χ3v) is 3.54. The summed E-state index contributed by atoms with van der Waals surface area (Å²) in [4.78, 5) is 5.95. The summed E-state index contributed by atoms with van der Waals surface area (Å²) < 4.78 is 42.5. The van der Waals surface area contributed by atoms with E-state index in [1.807, 2.05) is 11.9 Å². The molecule has 2 rings (SSSR count). The smallest absolute Gasteiger partial charge is 0.416 e. The summed E-state index contributed by atoms with van der Waals surface area (Å²) in [6.45, 7) is -0.00118. The van der Waals surface area contributed by atoms with E-state index < -0.39 is 17.8 Å². The maximum Gasteiger partial charge on any atom is 0.416 e. The summed E-state index contributed by atoms with van der Waals surface area (Å²) in [5, 5.41) is 9.79. The molecule has 0 bridgehead atoms. The van der Waals surface area contributed by atoms with Gasteiger partial charge in [-0.15, -0.1) is 24.0 Å². The number of alkyl halides is 3. The zero-order valence-electron chi connectivity index (χ0n) is 13.2. The van der Waals surface area contributed by atoms with Crippen LogP contribution < -0.4 is 10.5 Å². The van der Waals surface area contributed by atoms with Gasteiger partial charge in [0.25, 0.3) is 0 Å². The molecule has 1 aliphatic rings. The lowest BCUT2D eigenvalue weighted by Crippen LogP contribution is -2.36. The Bertz CT molecular complexity index is 548. The number of hydrogen-bond donors (Lipinski definition) is 2. The number of benzene rings is 1. The summed E-state index contributed by atoms with van der Waals surface area (Å²) in [5.41, 5.74) is 5.04. The maximum absolute atomic E-state index is 12.4. The number of rotatable bonds is 6. The van der Waals surface area contributed by atoms with E-state index in [1.165, 1.54) is 12.1 Å². The van der Waals surface area contributed by atoms with Crippen molar-refractivity contribution in [2.24, 2.45) is 10.7 Å². The van der Waals surface area contributed by atoms with Gasteiger partial charge in [-0.1, -0.05) is 0 Å². The van der Waals surface area contributed by atoms with E-state index in [1.54, 1.807) is 0 Å². The van der Waals surface area contributed by atoms with Gasteiger partial charge in [-0.05, 0) is 37.1 Å². The van der Waals surface area contributed by atoms with Crippen LogP contribution in [0.5, 0.6) is 5.75 Å². The van der Waals surface area contributed by atoms with Gasteiger partial charge in [-0.25, -0.2) is 0 Å². The van der Waals surface area contributed by atoms with Crippen LogP contribution in [0, 0.1) is 0 Å². The molecule has 5 nitrogen and oxygen atoms in total. The number of nitrogens with zero attached hydrogens (tertiary/aromatic N) is 2. The molecule has 0 amide bonds. The lowest BCUT2D eigenvalue weighted by molar-refractivity contribution is -0.137. The van der Waals surface area contributed by atoms with Crippen LogP contribution in [-0.4, -0.2) is 48.3 Å². The lowest BCUT2D eigenvalue weighted by atomic mass is 10.2. The number of ether oxygens (including phenoxy) is 1. The second-order valence-corrected chi connectivity index (χ2v) is 5.53. The minimum atomic E-state index is -4.38. The van der Waals surface area contributed by atoms with E-state index in [0.717, 1.165) is 25.0 Å². The van der Waals surface area contributed by atoms with Gasteiger partial charge < -0.3 is 20.5 Å². The van der Waals surface area contributed by atoms with Crippen LogP contribution in [-0.2, 0) is 6.18 Å². The molecular formula is C15H21F3IN3O2. The van der Waals surface area contributed by atoms with Gasteiger partial charge in [0, 0.05) is 13.1 Å². The van der Waals surface area contributed by atoms with Gasteiger partial charge in [-0.3, -0.25) is 4.99 Å². The topological polar surface area (TPSA) is 71.1 Å². The van der Waals surface area contributed by atoms with Crippen LogP contribution in [0.25, 0.3) is 0 Å². The average Bonchev–Trinajstić information content (AvgIpc) is 3.34. The van der Waals surface area contributed by atoms with Crippen molar-refractivity contribution in [1.82, 2.24) is 4.90 Å². The van der Waals surface area contributed by atoms with E-state index in [2.05, 4.69) is 4.99 Å². The predicted octanol–water partition coefficient (Wildman–Crippen LogP) is 2.47. The molecule has 1 aromatic rings. The quantitative estimate of drug-likeness (QED) is 0.390. The van der Waals surface area contributed by atoms with Gasteiger partial charge in [0.2, 0.25) is 0 Å². The third kappa shape index (κ3) is 6.34. The fourth-order valence-corrected chi connectivity index (χ4v) is 1.94. The van der Waals surface area contributed by atoms with Crippen molar-refractivity contribution < 1.29 is 23.0 Å². The number of halogens is 4. The first kappa shape index (κ1) is 20.8. The number of aliphatic hydroxyl groups excluding tert-OH is 1. The second kappa shape index (κ2) is 8.75. The number of nitrogens with two attached hydrogens (primary N) is 1. The van der Waals surface area contributed by atoms with Crippen LogP contribution in [0.4, 0.5) is 13.2 Å². The number of guanidine groups is 1. The summed E-state index contributed by atoms with van der Waals surface area (Å²) in [6.07, 6.45) is -3.08. The van der Waals surface area contributed by atoms with Crippen molar-refractivity contribution in [2.45, 2.75) is 31.2 Å². The monoisotopic (exact) mass is 459 g/mol. The van der Waals surface area contributed by atoms with Gasteiger partial charge >= 0.3 is 6.18 Å². The van der Waals surface area contributed by atoms with E-state index >= 15 is 0 Å². The van der Waals surface area contributed by atoms with Crippen LogP contribution >= 0.6 is 24.0 Å². The second-order valence-electron chi connectivity index (χ2n) is 5.53. The Morgan fingerprint density at radius 2 is 1.96 bits per heavy atom. The van der Waals surface area contributed by atoms with Crippen LogP contribution in [0.1, 0.15) is 18.4 Å². The normalized spacial score (nSPS) is 16.3. The molecule has 9 heteroatoms. The van der Waals surface area contributed by atoms with E-state index in [4.69, 9.17) is 10.5 Å². The minimum absolute atomic E-state index is 0. The highest BCUT2D eigenvalue weighted by Gasteiger charge is 2.30. The van der Waals surface area contributed by atoms with E-state index in [0.29, 0.717) is 12.0 Å². The molecule has 0 spiro atoms. The van der Waals surface area contributed by atoms with Crippen molar-refractivity contribution in [3.63, 3.8) is 0 Å². The van der Waals surface area contributed by atoms with E-state index in [9.17, 15) is 18.3 Å². The molecular weight excluding hydrogens is 438 g/mol. The molecule has 3 N–H and O–H groups in total. The Kier molecular flexibility index (Phi) is 7.58. The van der Waals surface area contributed by atoms with Crippen LogP contribution in [0.15, 0.2) is 29.3 Å². The zero-order chi connectivity index (χ0) is 17.0. The number of hydrogen-bond acceptors (Lipinski definition) is 3. The molecule has 24 heavy (non-hydrogen) atoms. The van der Waals surface area contributed by atoms with Gasteiger partial charge in [-0.2, -0.15) is 13.2 Å². The van der Waals surface area contributed by atoms with Crippen molar-refractivity contribution in [2.75, 3.05) is 20.2 Å².